The van der Waals surface area contributed by atoms with Gasteiger partial charge in [-0.1, -0.05) is 23.7 Å². The van der Waals surface area contributed by atoms with Crippen molar-refractivity contribution in [3.63, 3.8) is 0 Å². The zero-order valence-corrected chi connectivity index (χ0v) is 12.1. The minimum atomic E-state index is -1.08. The fourth-order valence-electron chi connectivity index (χ4n) is 1.69. The summed E-state index contributed by atoms with van der Waals surface area (Å²) in [6, 6.07) is 7.46. The smallest absolute Gasteiger partial charge is 0.329 e. The highest BCUT2D eigenvalue weighted by Gasteiger charge is 2.12. The van der Waals surface area contributed by atoms with Crippen LogP contribution in [-0.2, 0) is 20.7 Å². The lowest BCUT2D eigenvalue weighted by Crippen LogP contribution is -2.36. The Labute approximate surface area is 123 Å². The number of aliphatic carboxylic acids is 1. The maximum Gasteiger partial charge on any atom is 0.329 e. The first kappa shape index (κ1) is 16.5. The topological polar surface area (TPSA) is 66.8 Å². The first-order valence-electron chi connectivity index (χ1n) is 6.34. The van der Waals surface area contributed by atoms with Crippen molar-refractivity contribution in [2.45, 2.75) is 13.3 Å². The molecule has 0 fully saturated rings. The van der Waals surface area contributed by atoms with E-state index in [1.54, 1.807) is 4.90 Å². The molecule has 1 N–H and O–H groups in total. The number of rotatable bonds is 8. The van der Waals surface area contributed by atoms with Gasteiger partial charge in [0.1, 0.15) is 13.2 Å². The molecule has 1 amide bonds. The summed E-state index contributed by atoms with van der Waals surface area (Å²) in [4.78, 5) is 23.8. The van der Waals surface area contributed by atoms with E-state index < -0.39 is 12.6 Å². The lowest BCUT2D eigenvalue weighted by molar-refractivity contribution is -0.145. The molecule has 0 radical (unpaired) electrons. The molecule has 0 aromatic heterocycles. The Balaban J connectivity index is 2.39. The van der Waals surface area contributed by atoms with Gasteiger partial charge in [-0.3, -0.25) is 4.79 Å². The highest BCUT2D eigenvalue weighted by atomic mass is 35.5. The largest absolute Gasteiger partial charge is 0.480 e. The van der Waals surface area contributed by atoms with Crippen LogP contribution in [0.1, 0.15) is 12.5 Å². The number of hydrogen-bond donors (Lipinski definition) is 1. The van der Waals surface area contributed by atoms with E-state index in [-0.39, 0.29) is 12.5 Å². The van der Waals surface area contributed by atoms with Gasteiger partial charge in [0.2, 0.25) is 5.91 Å². The van der Waals surface area contributed by atoms with Crippen molar-refractivity contribution >= 4 is 23.5 Å². The Morgan fingerprint density at radius 1 is 1.25 bits per heavy atom. The number of carbonyl (C=O) groups excluding carboxylic acids is 1. The molecule has 110 valence electrons. The van der Waals surface area contributed by atoms with Crippen molar-refractivity contribution in [2.24, 2.45) is 0 Å². The molecule has 6 heteroatoms. The second kappa shape index (κ2) is 8.55. The molecule has 0 saturated carbocycles. The minimum Gasteiger partial charge on any atom is -0.480 e. The van der Waals surface area contributed by atoms with Gasteiger partial charge in [0.25, 0.3) is 0 Å². The van der Waals surface area contributed by atoms with Gasteiger partial charge in [0.15, 0.2) is 0 Å². The summed E-state index contributed by atoms with van der Waals surface area (Å²) in [5, 5.41) is 9.12. The van der Waals surface area contributed by atoms with Crippen LogP contribution in [0.15, 0.2) is 24.3 Å². The molecule has 0 saturated heterocycles. The van der Waals surface area contributed by atoms with Crippen molar-refractivity contribution in [3.05, 3.63) is 34.9 Å². The first-order valence-corrected chi connectivity index (χ1v) is 6.72. The Bertz CT molecular complexity index is 447. The van der Waals surface area contributed by atoms with Crippen LogP contribution >= 0.6 is 11.6 Å². The summed E-state index contributed by atoms with van der Waals surface area (Å²) in [7, 11) is 0. The van der Waals surface area contributed by atoms with Crippen LogP contribution in [0, 0.1) is 0 Å². The number of hydrogen-bond acceptors (Lipinski definition) is 3. The number of carboxylic acids is 1. The maximum absolute atomic E-state index is 11.8. The van der Waals surface area contributed by atoms with E-state index in [1.807, 2.05) is 31.2 Å². The number of amides is 1. The van der Waals surface area contributed by atoms with Gasteiger partial charge in [-0.05, 0) is 31.0 Å². The fraction of sp³-hybridized carbons (Fsp3) is 0.429. The molecule has 0 aliphatic rings. The molecule has 0 aliphatic carbocycles. The number of likely N-dealkylation sites (N-methyl/N-ethyl adjacent to an activating group) is 1. The highest BCUT2D eigenvalue weighted by molar-refractivity contribution is 6.30. The van der Waals surface area contributed by atoms with Gasteiger partial charge in [-0.15, -0.1) is 0 Å². The van der Waals surface area contributed by atoms with Crippen LogP contribution in [0.25, 0.3) is 0 Å². The summed E-state index contributed by atoms with van der Waals surface area (Å²) < 4.78 is 4.80. The van der Waals surface area contributed by atoms with Gasteiger partial charge in [0.05, 0.1) is 0 Å². The molecule has 0 aliphatic heterocycles. The molecule has 5 nitrogen and oxygen atoms in total. The van der Waals surface area contributed by atoms with Crippen LogP contribution in [0.3, 0.4) is 0 Å². The summed E-state index contributed by atoms with van der Waals surface area (Å²) >= 11 is 5.81. The van der Waals surface area contributed by atoms with Crippen molar-refractivity contribution in [3.8, 4) is 0 Å². The summed E-state index contributed by atoms with van der Waals surface area (Å²) in [5.74, 6) is -1.29. The van der Waals surface area contributed by atoms with Crippen LogP contribution in [0.2, 0.25) is 5.02 Å². The van der Waals surface area contributed by atoms with E-state index in [1.165, 1.54) is 0 Å². The fourth-order valence-corrected chi connectivity index (χ4v) is 1.82. The van der Waals surface area contributed by atoms with E-state index in [4.69, 9.17) is 21.4 Å². The minimum absolute atomic E-state index is 0.206. The third-order valence-corrected chi connectivity index (χ3v) is 3.02. The molecular formula is C14H18ClNO4. The second-order valence-corrected chi connectivity index (χ2v) is 4.67. The predicted octanol–water partition coefficient (Wildman–Crippen LogP) is 1.83. The van der Waals surface area contributed by atoms with E-state index in [9.17, 15) is 9.59 Å². The predicted molar refractivity (Wildman–Crippen MR) is 75.9 cm³/mol. The van der Waals surface area contributed by atoms with E-state index in [0.29, 0.717) is 18.1 Å². The summed E-state index contributed by atoms with van der Waals surface area (Å²) in [6.07, 6.45) is 0.718. The van der Waals surface area contributed by atoms with E-state index >= 15 is 0 Å². The molecule has 0 spiro atoms. The third-order valence-electron chi connectivity index (χ3n) is 2.77. The molecule has 1 aromatic rings. The maximum atomic E-state index is 11.8. The zero-order chi connectivity index (χ0) is 15.0. The molecule has 20 heavy (non-hydrogen) atoms. The Hall–Kier alpha value is -1.59. The lowest BCUT2D eigenvalue weighted by atomic mass is 10.1. The van der Waals surface area contributed by atoms with Crippen LogP contribution in [-0.4, -0.2) is 48.2 Å². The third kappa shape index (κ3) is 6.04. The number of halogens is 1. The van der Waals surface area contributed by atoms with Crippen LogP contribution in [0.4, 0.5) is 0 Å². The van der Waals surface area contributed by atoms with Crippen LogP contribution in [0.5, 0.6) is 0 Å². The van der Waals surface area contributed by atoms with Gasteiger partial charge in [-0.25, -0.2) is 4.79 Å². The number of carboxylic acid groups (broad SMARTS) is 1. The lowest BCUT2D eigenvalue weighted by Gasteiger charge is -2.20. The number of carbonyl (C=O) groups is 2. The van der Waals surface area contributed by atoms with Crippen LogP contribution < -0.4 is 0 Å². The first-order chi connectivity index (χ1) is 9.52. The molecule has 1 aromatic carbocycles. The SMILES string of the molecule is CCN(CCc1ccc(Cl)cc1)C(=O)COCC(=O)O. The monoisotopic (exact) mass is 299 g/mol. The van der Waals surface area contributed by atoms with Gasteiger partial charge in [-0.2, -0.15) is 0 Å². The van der Waals surface area contributed by atoms with Gasteiger partial charge < -0.3 is 14.7 Å². The molecule has 0 bridgehead atoms. The molecule has 0 heterocycles. The number of benzene rings is 1. The molecule has 0 atom stereocenters. The summed E-state index contributed by atoms with van der Waals surface area (Å²) in [6.45, 7) is 2.33. The Morgan fingerprint density at radius 2 is 1.90 bits per heavy atom. The van der Waals surface area contributed by atoms with Crippen molar-refractivity contribution in [1.82, 2.24) is 4.90 Å². The number of ether oxygens (including phenoxy) is 1. The molecular weight excluding hydrogens is 282 g/mol. The average molecular weight is 300 g/mol. The second-order valence-electron chi connectivity index (χ2n) is 4.24. The van der Waals surface area contributed by atoms with Crippen molar-refractivity contribution < 1.29 is 19.4 Å². The average Bonchev–Trinajstić information content (AvgIpc) is 2.41. The highest BCUT2D eigenvalue weighted by Crippen LogP contribution is 2.10. The quantitative estimate of drug-likeness (QED) is 0.795. The van der Waals surface area contributed by atoms with Crippen molar-refractivity contribution in [2.75, 3.05) is 26.3 Å². The van der Waals surface area contributed by atoms with E-state index in [2.05, 4.69) is 0 Å². The Morgan fingerprint density at radius 3 is 2.45 bits per heavy atom. The van der Waals surface area contributed by atoms with E-state index in [0.717, 1.165) is 12.0 Å². The zero-order valence-electron chi connectivity index (χ0n) is 11.3. The standard InChI is InChI=1S/C14H18ClNO4/c1-2-16(13(17)9-20-10-14(18)19)8-7-11-3-5-12(15)6-4-11/h3-6H,2,7-10H2,1H3,(H,18,19). The van der Waals surface area contributed by atoms with Gasteiger partial charge >= 0.3 is 5.97 Å². The molecule has 1 rings (SSSR count). The summed E-state index contributed by atoms with van der Waals surface area (Å²) in [5.41, 5.74) is 1.09. The van der Waals surface area contributed by atoms with Gasteiger partial charge in [0, 0.05) is 18.1 Å². The van der Waals surface area contributed by atoms with Crippen molar-refractivity contribution in [1.29, 1.82) is 0 Å². The normalized spacial score (nSPS) is 10.3. The molecule has 0 unspecified atom stereocenters. The number of nitrogens with zero attached hydrogens (tertiary/aromatic N) is 1. The Kier molecular flexibility index (Phi) is 7.04.